The zero-order valence-corrected chi connectivity index (χ0v) is 12.2. The van der Waals surface area contributed by atoms with Gasteiger partial charge in [-0.2, -0.15) is 5.10 Å². The number of rotatable bonds is 8. The Morgan fingerprint density at radius 3 is 3.05 bits per heavy atom. The highest BCUT2D eigenvalue weighted by Gasteiger charge is 2.11. The Morgan fingerprint density at radius 2 is 2.45 bits per heavy atom. The zero-order valence-electron chi connectivity index (χ0n) is 11.4. The van der Waals surface area contributed by atoms with E-state index in [2.05, 4.69) is 11.7 Å². The number of nitrogens with zero attached hydrogens (tertiary/aromatic N) is 3. The van der Waals surface area contributed by atoms with Crippen molar-refractivity contribution in [3.63, 3.8) is 0 Å². The number of allylic oxidation sites excluding steroid dienone is 2. The Morgan fingerprint density at radius 1 is 1.70 bits per heavy atom. The van der Waals surface area contributed by atoms with Gasteiger partial charge < -0.3 is 5.73 Å². The van der Waals surface area contributed by atoms with Crippen LogP contribution in [0.25, 0.3) is 0 Å². The molecule has 0 spiro atoms. The summed E-state index contributed by atoms with van der Waals surface area (Å²) in [7, 11) is 0. The molecule has 0 aliphatic carbocycles. The van der Waals surface area contributed by atoms with Crippen LogP contribution in [0.1, 0.15) is 13.0 Å². The minimum Gasteiger partial charge on any atom is -0.327 e. The van der Waals surface area contributed by atoms with E-state index in [4.69, 9.17) is 5.73 Å². The molecule has 7 heteroatoms. The van der Waals surface area contributed by atoms with Gasteiger partial charge in [-0.1, -0.05) is 18.7 Å². The third-order valence-corrected chi connectivity index (χ3v) is 3.67. The minimum absolute atomic E-state index is 0.00796. The van der Waals surface area contributed by atoms with Gasteiger partial charge in [0.25, 0.3) is 0 Å². The second-order valence-electron chi connectivity index (χ2n) is 4.20. The minimum atomic E-state index is -0.265. The summed E-state index contributed by atoms with van der Waals surface area (Å²) in [6, 6.07) is -0.00796. The van der Waals surface area contributed by atoms with Crippen molar-refractivity contribution in [1.82, 2.24) is 14.3 Å². The van der Waals surface area contributed by atoms with Gasteiger partial charge in [-0.25, -0.2) is 13.9 Å². The number of hydrogen-bond donors (Lipinski definition) is 1. The van der Waals surface area contributed by atoms with Crippen molar-refractivity contribution in [2.45, 2.75) is 19.5 Å². The van der Waals surface area contributed by atoms with E-state index in [-0.39, 0.29) is 24.8 Å². The van der Waals surface area contributed by atoms with Gasteiger partial charge in [0.2, 0.25) is 0 Å². The number of nitrogens with two attached hydrogens (primary N) is 1. The molecule has 20 heavy (non-hydrogen) atoms. The summed E-state index contributed by atoms with van der Waals surface area (Å²) in [6.07, 6.45) is 5.42. The van der Waals surface area contributed by atoms with Crippen molar-refractivity contribution < 1.29 is 4.39 Å². The van der Waals surface area contributed by atoms with Crippen molar-refractivity contribution in [1.29, 1.82) is 0 Å². The topological polar surface area (TPSA) is 65.8 Å². The molecule has 0 aliphatic heterocycles. The Hall–Kier alpha value is -1.60. The predicted octanol–water partition coefficient (Wildman–Crippen LogP) is 1.85. The maximum Gasteiger partial charge on any atom is 0.346 e. The Kier molecular flexibility index (Phi) is 7.03. The monoisotopic (exact) mass is 298 g/mol. The van der Waals surface area contributed by atoms with Gasteiger partial charge in [-0.3, -0.25) is 4.57 Å². The van der Waals surface area contributed by atoms with Crippen molar-refractivity contribution in [2.75, 3.05) is 12.3 Å². The fourth-order valence-electron chi connectivity index (χ4n) is 1.48. The molecule has 110 valence electrons. The molecule has 0 bridgehead atoms. The molecule has 0 radical (unpaired) electrons. The first-order chi connectivity index (χ1) is 9.63. The first kappa shape index (κ1) is 16.5. The van der Waals surface area contributed by atoms with Crippen molar-refractivity contribution in [3.8, 4) is 0 Å². The largest absolute Gasteiger partial charge is 0.346 e. The van der Waals surface area contributed by atoms with Gasteiger partial charge in [0.1, 0.15) is 6.33 Å². The van der Waals surface area contributed by atoms with E-state index >= 15 is 0 Å². The molecule has 1 aromatic rings. The van der Waals surface area contributed by atoms with Crippen LogP contribution in [-0.2, 0) is 6.54 Å². The lowest BCUT2D eigenvalue weighted by Crippen LogP contribution is -2.28. The van der Waals surface area contributed by atoms with E-state index in [1.54, 1.807) is 17.8 Å². The lowest BCUT2D eigenvalue weighted by Gasteiger charge is -2.09. The Balaban J connectivity index is 2.73. The van der Waals surface area contributed by atoms with E-state index in [9.17, 15) is 9.18 Å². The van der Waals surface area contributed by atoms with Crippen LogP contribution < -0.4 is 11.4 Å². The smallest absolute Gasteiger partial charge is 0.327 e. The van der Waals surface area contributed by atoms with Crippen molar-refractivity contribution in [2.24, 2.45) is 5.73 Å². The summed E-state index contributed by atoms with van der Waals surface area (Å²) in [5.41, 5.74) is 5.43. The van der Waals surface area contributed by atoms with E-state index < -0.39 is 0 Å². The highest BCUT2D eigenvalue weighted by Crippen LogP contribution is 2.12. The second-order valence-corrected chi connectivity index (χ2v) is 5.14. The summed E-state index contributed by atoms with van der Waals surface area (Å²) in [6.45, 7) is 5.65. The second kappa shape index (κ2) is 8.55. The third-order valence-electron chi connectivity index (χ3n) is 2.65. The van der Waals surface area contributed by atoms with Crippen LogP contribution in [0.15, 0.2) is 47.2 Å². The van der Waals surface area contributed by atoms with Crippen LogP contribution >= 0.6 is 11.8 Å². The van der Waals surface area contributed by atoms with Crippen LogP contribution in [0.3, 0.4) is 0 Å². The maximum absolute atomic E-state index is 12.5. The predicted molar refractivity (Wildman–Crippen MR) is 81.2 cm³/mol. The van der Waals surface area contributed by atoms with Crippen LogP contribution in [0, 0.1) is 0 Å². The molecule has 1 unspecified atom stereocenters. The van der Waals surface area contributed by atoms with Gasteiger partial charge >= 0.3 is 5.69 Å². The summed E-state index contributed by atoms with van der Waals surface area (Å²) in [5, 5.41) is 5.89. The SMILES string of the molecule is C=C/C=C\SCC(C)n1cnn(C/C(=C/F)CN)c1=O. The van der Waals surface area contributed by atoms with Gasteiger partial charge in [0.05, 0.1) is 12.9 Å². The average Bonchev–Trinajstić information content (AvgIpc) is 2.82. The molecule has 0 aliphatic rings. The lowest BCUT2D eigenvalue weighted by molar-refractivity contribution is 0.557. The number of thioether (sulfide) groups is 1. The maximum atomic E-state index is 12.5. The van der Waals surface area contributed by atoms with Crippen LogP contribution in [0.5, 0.6) is 0 Å². The third kappa shape index (κ3) is 4.50. The molecular formula is C13H19FN4OS. The van der Waals surface area contributed by atoms with Crippen LogP contribution in [-0.4, -0.2) is 26.6 Å². The van der Waals surface area contributed by atoms with E-state index in [0.29, 0.717) is 11.9 Å². The molecule has 0 saturated carbocycles. The van der Waals surface area contributed by atoms with Gasteiger partial charge in [-0.05, 0) is 17.9 Å². The Bertz CT molecular complexity index is 547. The number of aromatic nitrogens is 3. The van der Waals surface area contributed by atoms with Crippen LogP contribution in [0.4, 0.5) is 4.39 Å². The molecule has 5 nitrogen and oxygen atoms in total. The van der Waals surface area contributed by atoms with Crippen molar-refractivity contribution >= 4 is 11.8 Å². The molecule has 1 heterocycles. The molecule has 1 atom stereocenters. The molecule has 0 saturated heterocycles. The van der Waals surface area contributed by atoms with E-state index in [1.807, 2.05) is 18.4 Å². The fourth-order valence-corrected chi connectivity index (χ4v) is 2.26. The Labute approximate surface area is 121 Å². The van der Waals surface area contributed by atoms with Crippen molar-refractivity contribution in [3.05, 3.63) is 52.9 Å². The van der Waals surface area contributed by atoms with Gasteiger partial charge in [-0.15, -0.1) is 11.8 Å². The highest BCUT2D eigenvalue weighted by atomic mass is 32.2. The summed E-state index contributed by atoms with van der Waals surface area (Å²) in [5.74, 6) is 0.735. The number of hydrogen-bond acceptors (Lipinski definition) is 4. The van der Waals surface area contributed by atoms with Gasteiger partial charge in [0, 0.05) is 18.3 Å². The quantitative estimate of drug-likeness (QED) is 0.744. The number of halogens is 1. The lowest BCUT2D eigenvalue weighted by atomic mass is 10.3. The fraction of sp³-hybridized carbons (Fsp3) is 0.385. The molecule has 2 N–H and O–H groups in total. The summed E-state index contributed by atoms with van der Waals surface area (Å²) >= 11 is 1.58. The molecular weight excluding hydrogens is 279 g/mol. The molecule has 1 rings (SSSR count). The van der Waals surface area contributed by atoms with Crippen LogP contribution in [0.2, 0.25) is 0 Å². The molecule has 1 aromatic heterocycles. The molecule has 0 amide bonds. The molecule has 0 fully saturated rings. The average molecular weight is 298 g/mol. The van der Waals surface area contributed by atoms with E-state index in [1.165, 1.54) is 15.6 Å². The molecule has 0 aromatic carbocycles. The van der Waals surface area contributed by atoms with E-state index in [0.717, 1.165) is 5.75 Å². The summed E-state index contributed by atoms with van der Waals surface area (Å²) < 4.78 is 15.2. The normalized spacial score (nSPS) is 13.8. The summed E-state index contributed by atoms with van der Waals surface area (Å²) in [4.78, 5) is 12.1. The zero-order chi connectivity index (χ0) is 15.0. The first-order valence-corrected chi connectivity index (χ1v) is 7.20. The highest BCUT2D eigenvalue weighted by molar-refractivity contribution is 8.02. The van der Waals surface area contributed by atoms with Gasteiger partial charge in [0.15, 0.2) is 0 Å². The standard InChI is InChI=1S/C13H19FN4OS/c1-3-4-5-20-9-11(2)17-10-16-18(13(17)19)8-12(6-14)7-15/h3-6,10-11H,1,7-9,15H2,2H3/b5-4-,12-6+. The first-order valence-electron chi connectivity index (χ1n) is 6.15.